The van der Waals surface area contributed by atoms with Crippen molar-refractivity contribution < 1.29 is 9.18 Å². The third kappa shape index (κ3) is 4.97. The largest absolute Gasteiger partial charge is 0.329 e. The first-order valence-electron chi connectivity index (χ1n) is 10.5. The number of carbonyl (C=O) groups is 1. The van der Waals surface area contributed by atoms with E-state index in [-0.39, 0.29) is 5.56 Å². The fourth-order valence-corrected chi connectivity index (χ4v) is 3.61. The maximum absolute atomic E-state index is 14.2. The van der Waals surface area contributed by atoms with Crippen molar-refractivity contribution in [1.29, 1.82) is 0 Å². The van der Waals surface area contributed by atoms with E-state index in [4.69, 9.17) is 0 Å². The molecular weight excluding hydrogens is 407 g/mol. The van der Waals surface area contributed by atoms with Crippen LogP contribution in [0.3, 0.4) is 0 Å². The zero-order valence-corrected chi connectivity index (χ0v) is 18.1. The number of fused-ring (bicyclic) bond motifs is 1. The standard InChI is InChI=1S/C19H14FN5O.C5H11N/c1-12-3-2-4-17(23-12)13-8-21-19-24-18(10-25(19)9-13)15-7-14(22-11-26)5-6-16(15)20;1-6-4-2-3-5-6/h2-11H,1H3,(H,22,26);2-5H2,1H3. The minimum Gasteiger partial charge on any atom is -0.329 e. The van der Waals surface area contributed by atoms with Crippen molar-refractivity contribution in [2.24, 2.45) is 0 Å². The number of likely N-dealkylation sites (tertiary alicyclic amines) is 1. The monoisotopic (exact) mass is 432 g/mol. The highest BCUT2D eigenvalue weighted by Gasteiger charge is 2.12. The number of hydrogen-bond donors (Lipinski definition) is 1. The third-order valence-corrected chi connectivity index (χ3v) is 5.29. The van der Waals surface area contributed by atoms with Gasteiger partial charge >= 0.3 is 0 Å². The van der Waals surface area contributed by atoms with Crippen LogP contribution in [0, 0.1) is 12.7 Å². The molecule has 7 nitrogen and oxygen atoms in total. The van der Waals surface area contributed by atoms with Crippen LogP contribution in [0.5, 0.6) is 0 Å². The van der Waals surface area contributed by atoms with Crippen LogP contribution < -0.4 is 5.32 Å². The molecule has 0 aliphatic carbocycles. The Bertz CT molecular complexity index is 1230. The number of halogens is 1. The first-order chi connectivity index (χ1) is 15.5. The van der Waals surface area contributed by atoms with Gasteiger partial charge in [-0.3, -0.25) is 14.2 Å². The Balaban J connectivity index is 0.000000354. The Morgan fingerprint density at radius 2 is 1.88 bits per heavy atom. The Kier molecular flexibility index (Phi) is 6.51. The van der Waals surface area contributed by atoms with E-state index in [0.717, 1.165) is 17.0 Å². The molecule has 0 spiro atoms. The van der Waals surface area contributed by atoms with E-state index >= 15 is 0 Å². The van der Waals surface area contributed by atoms with Gasteiger partial charge in [0.15, 0.2) is 0 Å². The molecule has 1 aliphatic heterocycles. The van der Waals surface area contributed by atoms with Gasteiger partial charge < -0.3 is 10.2 Å². The summed E-state index contributed by atoms with van der Waals surface area (Å²) in [6.45, 7) is 4.56. The molecule has 4 aromatic rings. The molecule has 0 bridgehead atoms. The quantitative estimate of drug-likeness (QED) is 0.490. The number of benzene rings is 1. The van der Waals surface area contributed by atoms with E-state index < -0.39 is 5.82 Å². The normalized spacial score (nSPS) is 13.6. The summed E-state index contributed by atoms with van der Waals surface area (Å²) in [5, 5.41) is 2.51. The summed E-state index contributed by atoms with van der Waals surface area (Å²) in [6.07, 6.45) is 8.61. The second kappa shape index (κ2) is 9.65. The Hall–Kier alpha value is -3.65. The fourth-order valence-electron chi connectivity index (χ4n) is 3.61. The smallest absolute Gasteiger partial charge is 0.234 e. The van der Waals surface area contributed by atoms with E-state index in [2.05, 4.69) is 32.2 Å². The van der Waals surface area contributed by atoms with Gasteiger partial charge in [0, 0.05) is 41.1 Å². The summed E-state index contributed by atoms with van der Waals surface area (Å²) in [7, 11) is 2.17. The molecule has 0 radical (unpaired) electrons. The maximum Gasteiger partial charge on any atom is 0.234 e. The number of aryl methyl sites for hydroxylation is 1. The molecule has 3 aromatic heterocycles. The van der Waals surface area contributed by atoms with E-state index in [1.807, 2.05) is 31.3 Å². The van der Waals surface area contributed by atoms with Crippen LogP contribution in [0.15, 0.2) is 55.0 Å². The van der Waals surface area contributed by atoms with E-state index in [0.29, 0.717) is 23.6 Å². The Labute approximate surface area is 186 Å². The minimum absolute atomic E-state index is 0.289. The maximum atomic E-state index is 14.2. The number of pyridine rings is 1. The minimum atomic E-state index is -0.426. The van der Waals surface area contributed by atoms with Crippen LogP contribution >= 0.6 is 0 Å². The predicted molar refractivity (Wildman–Crippen MR) is 123 cm³/mol. The molecule has 1 aliphatic rings. The van der Waals surface area contributed by atoms with Crippen LogP contribution in [0.1, 0.15) is 18.5 Å². The summed E-state index contributed by atoms with van der Waals surface area (Å²) in [5.41, 5.74) is 3.76. The molecule has 1 aromatic carbocycles. The van der Waals surface area contributed by atoms with Crippen LogP contribution in [0.2, 0.25) is 0 Å². The number of anilines is 1. The predicted octanol–water partition coefficient (Wildman–Crippen LogP) is 4.19. The lowest BCUT2D eigenvalue weighted by Crippen LogP contribution is -2.10. The van der Waals surface area contributed by atoms with Crippen molar-refractivity contribution in [3.8, 4) is 22.5 Å². The van der Waals surface area contributed by atoms with Crippen LogP contribution in [-0.2, 0) is 4.79 Å². The van der Waals surface area contributed by atoms with Gasteiger partial charge in [0.25, 0.3) is 0 Å². The highest BCUT2D eigenvalue weighted by atomic mass is 19.1. The molecule has 0 atom stereocenters. The molecule has 4 heterocycles. The van der Waals surface area contributed by atoms with Crippen molar-refractivity contribution >= 4 is 17.9 Å². The molecule has 1 amide bonds. The Morgan fingerprint density at radius 1 is 1.06 bits per heavy atom. The highest BCUT2D eigenvalue weighted by molar-refractivity contribution is 5.75. The van der Waals surface area contributed by atoms with Gasteiger partial charge in [0.1, 0.15) is 5.82 Å². The van der Waals surface area contributed by atoms with Gasteiger partial charge in [-0.2, -0.15) is 0 Å². The van der Waals surface area contributed by atoms with Crippen LogP contribution in [0.4, 0.5) is 10.1 Å². The van der Waals surface area contributed by atoms with Crippen molar-refractivity contribution in [1.82, 2.24) is 24.3 Å². The number of nitrogens with zero attached hydrogens (tertiary/aromatic N) is 5. The average molecular weight is 433 g/mol. The molecule has 32 heavy (non-hydrogen) atoms. The summed E-state index contributed by atoms with van der Waals surface area (Å²) < 4.78 is 15.9. The molecule has 5 rings (SSSR count). The molecular formula is C24H25FN6O. The second-order valence-electron chi connectivity index (χ2n) is 7.81. The summed E-state index contributed by atoms with van der Waals surface area (Å²) in [4.78, 5) is 26.2. The Morgan fingerprint density at radius 3 is 2.56 bits per heavy atom. The van der Waals surface area contributed by atoms with Gasteiger partial charge in [-0.05, 0) is 70.2 Å². The third-order valence-electron chi connectivity index (χ3n) is 5.29. The van der Waals surface area contributed by atoms with E-state index in [9.17, 15) is 9.18 Å². The van der Waals surface area contributed by atoms with Crippen molar-refractivity contribution in [2.45, 2.75) is 19.8 Å². The zero-order valence-electron chi connectivity index (χ0n) is 18.1. The van der Waals surface area contributed by atoms with Crippen LogP contribution in [-0.4, -0.2) is 50.8 Å². The SMILES string of the molecule is CN1CCCC1.Cc1cccc(-c2cnc3nc(-c4cc(NC=O)ccc4F)cn3c2)n1. The second-order valence-corrected chi connectivity index (χ2v) is 7.81. The van der Waals surface area contributed by atoms with Crippen molar-refractivity contribution in [2.75, 3.05) is 25.5 Å². The van der Waals surface area contributed by atoms with Crippen molar-refractivity contribution in [3.63, 3.8) is 0 Å². The highest BCUT2D eigenvalue weighted by Crippen LogP contribution is 2.26. The van der Waals surface area contributed by atoms with Gasteiger partial charge in [-0.25, -0.2) is 14.4 Å². The molecule has 1 saturated heterocycles. The number of imidazole rings is 1. The summed E-state index contributed by atoms with van der Waals surface area (Å²) in [6, 6.07) is 10.1. The zero-order chi connectivity index (χ0) is 22.5. The summed E-state index contributed by atoms with van der Waals surface area (Å²) in [5.74, 6) is 0.0231. The lowest BCUT2D eigenvalue weighted by molar-refractivity contribution is -0.105. The molecule has 0 unspecified atom stereocenters. The molecule has 1 N–H and O–H groups in total. The number of aromatic nitrogens is 4. The number of rotatable bonds is 4. The van der Waals surface area contributed by atoms with E-state index in [1.54, 1.807) is 16.8 Å². The summed E-state index contributed by atoms with van der Waals surface area (Å²) >= 11 is 0. The van der Waals surface area contributed by atoms with Gasteiger partial charge in [-0.15, -0.1) is 0 Å². The number of nitrogens with one attached hydrogen (secondary N) is 1. The molecule has 8 heteroatoms. The number of amides is 1. The lowest BCUT2D eigenvalue weighted by Gasteiger charge is -2.03. The number of hydrogen-bond acceptors (Lipinski definition) is 5. The van der Waals surface area contributed by atoms with Crippen LogP contribution in [0.25, 0.3) is 28.3 Å². The lowest BCUT2D eigenvalue weighted by atomic mass is 10.1. The first kappa shape index (κ1) is 21.6. The molecule has 164 valence electrons. The molecule has 1 fully saturated rings. The number of carbonyl (C=O) groups excluding carboxylic acids is 1. The van der Waals surface area contributed by atoms with Crippen molar-refractivity contribution in [3.05, 3.63) is 66.5 Å². The molecule has 0 saturated carbocycles. The fraction of sp³-hybridized carbons (Fsp3) is 0.250. The van der Waals surface area contributed by atoms with E-state index in [1.165, 1.54) is 44.1 Å². The average Bonchev–Trinajstić information content (AvgIpc) is 3.44. The van der Waals surface area contributed by atoms with Gasteiger partial charge in [-0.1, -0.05) is 6.07 Å². The first-order valence-corrected chi connectivity index (χ1v) is 10.5. The van der Waals surface area contributed by atoms with Gasteiger partial charge in [0.05, 0.1) is 11.4 Å². The topological polar surface area (TPSA) is 75.4 Å². The van der Waals surface area contributed by atoms with Gasteiger partial charge in [0.2, 0.25) is 12.2 Å².